The monoisotopic (exact) mass is 410 g/mol. The number of benzene rings is 2. The fourth-order valence-electron chi connectivity index (χ4n) is 4.06. The van der Waals surface area contributed by atoms with E-state index in [1.807, 2.05) is 18.2 Å². The highest BCUT2D eigenvalue weighted by Gasteiger charge is 2.15. The number of methoxy groups -OCH3 is 1. The minimum Gasteiger partial charge on any atom is -0.496 e. The van der Waals surface area contributed by atoms with Crippen LogP contribution < -0.4 is 9.64 Å². The molecule has 6 nitrogen and oxygen atoms in total. The first-order chi connectivity index (χ1) is 15.3. The summed E-state index contributed by atoms with van der Waals surface area (Å²) >= 11 is 0. The van der Waals surface area contributed by atoms with E-state index in [1.54, 1.807) is 19.4 Å². The van der Waals surface area contributed by atoms with Gasteiger partial charge in [0.05, 0.1) is 37.7 Å². The Kier molecular flexibility index (Phi) is 5.03. The molecule has 0 amide bonds. The van der Waals surface area contributed by atoms with Gasteiger partial charge in [0.15, 0.2) is 0 Å². The number of rotatable bonds is 4. The van der Waals surface area contributed by atoms with E-state index in [9.17, 15) is 5.26 Å². The Morgan fingerprint density at radius 2 is 1.87 bits per heavy atom. The van der Waals surface area contributed by atoms with E-state index in [0.717, 1.165) is 59.7 Å². The van der Waals surface area contributed by atoms with Crippen molar-refractivity contribution in [2.75, 3.05) is 38.3 Å². The van der Waals surface area contributed by atoms with E-state index in [-0.39, 0.29) is 0 Å². The van der Waals surface area contributed by atoms with Crippen molar-refractivity contribution in [1.82, 2.24) is 9.97 Å². The lowest BCUT2D eigenvalue weighted by Crippen LogP contribution is -2.36. The molecular formula is C25H22N4O2. The molecule has 0 radical (unpaired) electrons. The molecule has 4 aromatic rings. The number of aromatic nitrogens is 2. The van der Waals surface area contributed by atoms with Crippen LogP contribution in [0.15, 0.2) is 60.8 Å². The third-order valence-electron chi connectivity index (χ3n) is 5.69. The number of morpholine rings is 1. The SMILES string of the molecule is COc1ccc(C#N)cc1-c1nccc2[nH]c(-c3ccc(N4CCOCC4)cc3)cc12. The van der Waals surface area contributed by atoms with Crippen molar-refractivity contribution in [3.63, 3.8) is 0 Å². The maximum Gasteiger partial charge on any atom is 0.128 e. The van der Waals surface area contributed by atoms with Crippen LogP contribution in [0.2, 0.25) is 0 Å². The summed E-state index contributed by atoms with van der Waals surface area (Å²) in [4.78, 5) is 10.5. The van der Waals surface area contributed by atoms with Gasteiger partial charge in [-0.2, -0.15) is 5.26 Å². The van der Waals surface area contributed by atoms with Gasteiger partial charge >= 0.3 is 0 Å². The zero-order valence-corrected chi connectivity index (χ0v) is 17.3. The summed E-state index contributed by atoms with van der Waals surface area (Å²) in [6, 6.07) is 20.2. The number of pyridine rings is 1. The van der Waals surface area contributed by atoms with Crippen LogP contribution >= 0.6 is 0 Å². The molecule has 154 valence electrons. The second-order valence-corrected chi connectivity index (χ2v) is 7.48. The Balaban J connectivity index is 1.54. The number of aromatic amines is 1. The van der Waals surface area contributed by atoms with Gasteiger partial charge in [-0.3, -0.25) is 4.98 Å². The van der Waals surface area contributed by atoms with Crippen LogP contribution in [0, 0.1) is 11.3 Å². The molecule has 2 aromatic carbocycles. The first-order valence-electron chi connectivity index (χ1n) is 10.3. The van der Waals surface area contributed by atoms with Crippen molar-refractivity contribution >= 4 is 16.6 Å². The zero-order valence-electron chi connectivity index (χ0n) is 17.3. The summed E-state index contributed by atoms with van der Waals surface area (Å²) in [5, 5.41) is 10.3. The molecule has 3 heterocycles. The molecule has 0 atom stereocenters. The third-order valence-corrected chi connectivity index (χ3v) is 5.69. The quantitative estimate of drug-likeness (QED) is 0.532. The first kappa shape index (κ1) is 19.2. The van der Waals surface area contributed by atoms with Gasteiger partial charge in [-0.25, -0.2) is 0 Å². The molecule has 0 bridgehead atoms. The second kappa shape index (κ2) is 8.13. The van der Waals surface area contributed by atoms with E-state index < -0.39 is 0 Å². The molecule has 1 aliphatic rings. The largest absolute Gasteiger partial charge is 0.496 e. The van der Waals surface area contributed by atoms with Crippen molar-refractivity contribution in [3.05, 3.63) is 66.4 Å². The number of anilines is 1. The molecule has 1 saturated heterocycles. The number of hydrogen-bond donors (Lipinski definition) is 1. The van der Waals surface area contributed by atoms with E-state index in [4.69, 9.17) is 9.47 Å². The highest BCUT2D eigenvalue weighted by Crippen LogP contribution is 2.36. The lowest BCUT2D eigenvalue weighted by Gasteiger charge is -2.28. The average Bonchev–Trinajstić information content (AvgIpc) is 3.29. The standard InChI is InChI=1S/C25H22N4O2/c1-30-24-7-2-17(16-26)14-21(24)25-20-15-23(28-22(20)8-9-27-25)18-3-5-19(6-4-18)29-10-12-31-13-11-29/h2-9,14-15,28H,10-13H2,1H3. The summed E-state index contributed by atoms with van der Waals surface area (Å²) in [5.74, 6) is 0.691. The van der Waals surface area contributed by atoms with Gasteiger partial charge in [0.2, 0.25) is 0 Å². The van der Waals surface area contributed by atoms with Gasteiger partial charge in [0.1, 0.15) is 5.75 Å². The first-order valence-corrected chi connectivity index (χ1v) is 10.3. The predicted molar refractivity (Wildman–Crippen MR) is 121 cm³/mol. The molecule has 0 spiro atoms. The maximum absolute atomic E-state index is 9.33. The van der Waals surface area contributed by atoms with E-state index >= 15 is 0 Å². The lowest BCUT2D eigenvalue weighted by atomic mass is 10.0. The van der Waals surface area contributed by atoms with Crippen LogP contribution in [0.1, 0.15) is 5.56 Å². The normalized spacial score (nSPS) is 13.9. The number of fused-ring (bicyclic) bond motifs is 1. The molecule has 6 heteroatoms. The van der Waals surface area contributed by atoms with Gasteiger partial charge in [-0.1, -0.05) is 12.1 Å². The Morgan fingerprint density at radius 1 is 1.06 bits per heavy atom. The van der Waals surface area contributed by atoms with Crippen LogP contribution in [0.5, 0.6) is 5.75 Å². The Morgan fingerprint density at radius 3 is 2.61 bits per heavy atom. The lowest BCUT2D eigenvalue weighted by molar-refractivity contribution is 0.122. The van der Waals surface area contributed by atoms with Crippen molar-refractivity contribution in [2.45, 2.75) is 0 Å². The van der Waals surface area contributed by atoms with Crippen LogP contribution in [-0.2, 0) is 4.74 Å². The number of nitrogens with zero attached hydrogens (tertiary/aromatic N) is 3. The molecule has 31 heavy (non-hydrogen) atoms. The van der Waals surface area contributed by atoms with Crippen molar-refractivity contribution in [3.8, 4) is 34.3 Å². The van der Waals surface area contributed by atoms with Gasteiger partial charge in [0, 0.05) is 47.1 Å². The van der Waals surface area contributed by atoms with Crippen LogP contribution in [0.25, 0.3) is 33.4 Å². The highest BCUT2D eigenvalue weighted by atomic mass is 16.5. The predicted octanol–water partition coefficient (Wildman–Crippen LogP) is 4.61. The van der Waals surface area contributed by atoms with Gasteiger partial charge < -0.3 is 19.4 Å². The summed E-state index contributed by atoms with van der Waals surface area (Å²) in [6.45, 7) is 3.39. The minimum absolute atomic E-state index is 0.573. The fraction of sp³-hybridized carbons (Fsp3) is 0.200. The molecular weight excluding hydrogens is 388 g/mol. The molecule has 1 aliphatic heterocycles. The zero-order chi connectivity index (χ0) is 21.2. The molecule has 0 unspecified atom stereocenters. The van der Waals surface area contributed by atoms with E-state index in [2.05, 4.69) is 51.3 Å². The second-order valence-electron chi connectivity index (χ2n) is 7.48. The number of nitriles is 1. The average molecular weight is 410 g/mol. The van der Waals surface area contributed by atoms with E-state index in [0.29, 0.717) is 11.3 Å². The Hall–Kier alpha value is -3.82. The molecule has 0 saturated carbocycles. The van der Waals surface area contributed by atoms with Crippen LogP contribution in [0.4, 0.5) is 5.69 Å². The van der Waals surface area contributed by atoms with Gasteiger partial charge in [-0.15, -0.1) is 0 Å². The molecule has 5 rings (SSSR count). The third kappa shape index (κ3) is 3.60. The number of H-pyrrole nitrogens is 1. The summed E-state index contributed by atoms with van der Waals surface area (Å²) < 4.78 is 11.0. The van der Waals surface area contributed by atoms with Crippen molar-refractivity contribution in [2.24, 2.45) is 0 Å². The molecule has 2 aromatic heterocycles. The Labute approximate surface area is 180 Å². The summed E-state index contributed by atoms with van der Waals surface area (Å²) in [7, 11) is 1.63. The van der Waals surface area contributed by atoms with Crippen molar-refractivity contribution in [1.29, 1.82) is 5.26 Å². The maximum atomic E-state index is 9.33. The topological polar surface area (TPSA) is 74.2 Å². The van der Waals surface area contributed by atoms with Gasteiger partial charge in [0.25, 0.3) is 0 Å². The van der Waals surface area contributed by atoms with Crippen LogP contribution in [0.3, 0.4) is 0 Å². The van der Waals surface area contributed by atoms with Crippen molar-refractivity contribution < 1.29 is 9.47 Å². The molecule has 1 fully saturated rings. The number of nitrogens with one attached hydrogen (secondary N) is 1. The fourth-order valence-corrected chi connectivity index (χ4v) is 4.06. The Bertz CT molecular complexity index is 1270. The smallest absolute Gasteiger partial charge is 0.128 e. The van der Waals surface area contributed by atoms with Gasteiger partial charge in [-0.05, 0) is 48.0 Å². The summed E-state index contributed by atoms with van der Waals surface area (Å²) in [6.07, 6.45) is 1.78. The molecule has 0 aliphatic carbocycles. The minimum atomic E-state index is 0.573. The van der Waals surface area contributed by atoms with Crippen LogP contribution in [-0.4, -0.2) is 43.4 Å². The highest BCUT2D eigenvalue weighted by molar-refractivity contribution is 5.97. The molecule has 1 N–H and O–H groups in total. The summed E-state index contributed by atoms with van der Waals surface area (Å²) in [5.41, 5.74) is 6.50. The van der Waals surface area contributed by atoms with E-state index in [1.165, 1.54) is 5.69 Å². The number of ether oxygens (including phenoxy) is 2. The number of hydrogen-bond acceptors (Lipinski definition) is 5.